The van der Waals surface area contributed by atoms with Crippen LogP contribution in [0.1, 0.15) is 16.8 Å². The molecule has 0 spiro atoms. The number of alkyl halides is 3. The van der Waals surface area contributed by atoms with Crippen molar-refractivity contribution in [2.45, 2.75) is 18.5 Å². The highest BCUT2D eigenvalue weighted by molar-refractivity contribution is 14.0. The Kier molecular flexibility index (Phi) is 11.2. The molecule has 3 N–H and O–H groups in total. The first kappa shape index (κ1) is 26.2. The number of anilines is 1. The number of rotatable bonds is 8. The van der Waals surface area contributed by atoms with Gasteiger partial charge in [0.25, 0.3) is 0 Å². The summed E-state index contributed by atoms with van der Waals surface area (Å²) in [5.74, 6) is 0.832. The predicted octanol–water partition coefficient (Wildman–Crippen LogP) is 3.89. The second-order valence-electron chi connectivity index (χ2n) is 5.89. The Bertz CT molecular complexity index is 835. The Hall–Kier alpha value is -1.83. The summed E-state index contributed by atoms with van der Waals surface area (Å²) in [6.45, 7) is 1.12. The van der Waals surface area contributed by atoms with Gasteiger partial charge in [-0.15, -0.1) is 24.0 Å². The molecule has 1 aromatic heterocycles. The lowest BCUT2D eigenvalue weighted by Crippen LogP contribution is -2.39. The van der Waals surface area contributed by atoms with Crippen molar-refractivity contribution in [2.24, 2.45) is 4.99 Å². The lowest BCUT2D eigenvalue weighted by Gasteiger charge is -2.14. The highest BCUT2D eigenvalue weighted by atomic mass is 127. The van der Waals surface area contributed by atoms with Gasteiger partial charge in [-0.25, -0.2) is 14.4 Å². The molecule has 0 atom stereocenters. The first-order valence-corrected chi connectivity index (χ1v) is 10.1. The van der Waals surface area contributed by atoms with Crippen LogP contribution >= 0.6 is 35.7 Å². The Morgan fingerprint density at radius 3 is 2.57 bits per heavy atom. The predicted molar refractivity (Wildman–Crippen MR) is 123 cm³/mol. The first-order chi connectivity index (χ1) is 13.8. The van der Waals surface area contributed by atoms with E-state index in [1.807, 2.05) is 6.26 Å². The van der Waals surface area contributed by atoms with Crippen molar-refractivity contribution >= 4 is 47.6 Å². The molecule has 1 heterocycles. The molecule has 0 unspecified atom stereocenters. The van der Waals surface area contributed by atoms with Crippen LogP contribution in [0.3, 0.4) is 0 Å². The van der Waals surface area contributed by atoms with E-state index >= 15 is 0 Å². The van der Waals surface area contributed by atoms with Crippen LogP contribution in [0, 0.1) is 5.82 Å². The molecular weight excluding hydrogens is 535 g/mol. The van der Waals surface area contributed by atoms with Gasteiger partial charge >= 0.3 is 6.18 Å². The molecule has 2 aromatic rings. The maximum Gasteiger partial charge on any atom is 0.433 e. The average molecular weight is 558 g/mol. The van der Waals surface area contributed by atoms with Crippen LogP contribution in [-0.4, -0.2) is 42.3 Å². The highest BCUT2D eigenvalue weighted by Gasteiger charge is 2.32. The van der Waals surface area contributed by atoms with E-state index < -0.39 is 11.9 Å². The smallest absolute Gasteiger partial charge is 0.355 e. The van der Waals surface area contributed by atoms with E-state index in [1.54, 1.807) is 24.9 Å². The van der Waals surface area contributed by atoms with Gasteiger partial charge in [0.1, 0.15) is 11.5 Å². The summed E-state index contributed by atoms with van der Waals surface area (Å²) in [5.41, 5.74) is 0.865. The van der Waals surface area contributed by atoms with Crippen LogP contribution < -0.4 is 16.0 Å². The summed E-state index contributed by atoms with van der Waals surface area (Å²) in [6, 6.07) is 5.47. The summed E-state index contributed by atoms with van der Waals surface area (Å²) in [7, 11) is 1.60. The largest absolute Gasteiger partial charge is 0.433 e. The van der Waals surface area contributed by atoms with Crippen LogP contribution in [0.4, 0.5) is 23.5 Å². The summed E-state index contributed by atoms with van der Waals surface area (Å²) in [6.07, 6.45) is -1.51. The molecule has 0 aliphatic rings. The summed E-state index contributed by atoms with van der Waals surface area (Å²) >= 11 is 1.60. The normalized spacial score (nSPS) is 11.6. The van der Waals surface area contributed by atoms with E-state index in [0.29, 0.717) is 24.8 Å². The third kappa shape index (κ3) is 8.50. The fraction of sp³-hybridized carbons (Fsp3) is 0.389. The quantitative estimate of drug-likeness (QED) is 0.150. The SMILES string of the molecule is CN=C(NCCNc1nccc(C(F)(F)F)n1)NCc1ccc(F)cc1CSC.I. The number of hydrogen-bond acceptors (Lipinski definition) is 5. The number of guanidine groups is 1. The third-order valence-corrected chi connectivity index (χ3v) is 4.38. The number of hydrogen-bond donors (Lipinski definition) is 3. The lowest BCUT2D eigenvalue weighted by atomic mass is 10.1. The van der Waals surface area contributed by atoms with Gasteiger partial charge < -0.3 is 16.0 Å². The summed E-state index contributed by atoms with van der Waals surface area (Å²) in [4.78, 5) is 11.3. The highest BCUT2D eigenvalue weighted by Crippen LogP contribution is 2.27. The van der Waals surface area contributed by atoms with Crippen LogP contribution in [0.2, 0.25) is 0 Å². The molecule has 166 valence electrons. The fourth-order valence-corrected chi connectivity index (χ4v) is 2.99. The Labute approximate surface area is 193 Å². The van der Waals surface area contributed by atoms with E-state index in [0.717, 1.165) is 23.4 Å². The minimum absolute atomic E-state index is 0. The zero-order valence-electron chi connectivity index (χ0n) is 16.4. The van der Waals surface area contributed by atoms with Crippen molar-refractivity contribution in [3.8, 4) is 0 Å². The zero-order chi connectivity index (χ0) is 21.3. The first-order valence-electron chi connectivity index (χ1n) is 8.68. The van der Waals surface area contributed by atoms with E-state index in [4.69, 9.17) is 0 Å². The number of benzene rings is 1. The minimum Gasteiger partial charge on any atom is -0.355 e. The van der Waals surface area contributed by atoms with Crippen LogP contribution in [0.5, 0.6) is 0 Å². The second kappa shape index (κ2) is 12.8. The number of nitrogens with one attached hydrogen (secondary N) is 3. The fourth-order valence-electron chi connectivity index (χ4n) is 2.41. The lowest BCUT2D eigenvalue weighted by molar-refractivity contribution is -0.141. The third-order valence-electron chi connectivity index (χ3n) is 3.78. The zero-order valence-corrected chi connectivity index (χ0v) is 19.5. The molecule has 0 fully saturated rings. The van der Waals surface area contributed by atoms with Crippen molar-refractivity contribution in [3.63, 3.8) is 0 Å². The Morgan fingerprint density at radius 1 is 1.13 bits per heavy atom. The molecule has 0 saturated heterocycles. The molecule has 12 heteroatoms. The van der Waals surface area contributed by atoms with Gasteiger partial charge in [-0.3, -0.25) is 4.99 Å². The molecule has 2 rings (SSSR count). The topological polar surface area (TPSA) is 74.2 Å². The summed E-state index contributed by atoms with van der Waals surface area (Å²) in [5, 5.41) is 8.90. The van der Waals surface area contributed by atoms with E-state index in [9.17, 15) is 17.6 Å². The molecule has 0 amide bonds. The van der Waals surface area contributed by atoms with Crippen molar-refractivity contribution in [2.75, 3.05) is 31.7 Å². The van der Waals surface area contributed by atoms with Gasteiger partial charge in [-0.1, -0.05) is 6.07 Å². The maximum atomic E-state index is 13.4. The van der Waals surface area contributed by atoms with Gasteiger partial charge in [0.05, 0.1) is 0 Å². The molecule has 0 aliphatic heterocycles. The maximum absolute atomic E-state index is 13.4. The minimum atomic E-state index is -4.51. The van der Waals surface area contributed by atoms with Crippen molar-refractivity contribution in [1.82, 2.24) is 20.6 Å². The van der Waals surface area contributed by atoms with Crippen LogP contribution in [0.25, 0.3) is 0 Å². The van der Waals surface area contributed by atoms with Crippen molar-refractivity contribution in [1.29, 1.82) is 0 Å². The van der Waals surface area contributed by atoms with E-state index in [1.165, 1.54) is 12.1 Å². The molecular formula is C18H23F4IN6S. The molecule has 0 saturated carbocycles. The number of nitrogens with zero attached hydrogens (tertiary/aromatic N) is 3. The van der Waals surface area contributed by atoms with Gasteiger partial charge in [0.15, 0.2) is 5.96 Å². The number of aromatic nitrogens is 2. The average Bonchev–Trinajstić information content (AvgIpc) is 2.68. The number of halogens is 5. The van der Waals surface area contributed by atoms with Gasteiger partial charge in [-0.2, -0.15) is 24.9 Å². The Balaban J connectivity index is 0.00000450. The molecule has 0 aliphatic carbocycles. The molecule has 1 aromatic carbocycles. The van der Waals surface area contributed by atoms with Crippen molar-refractivity contribution in [3.05, 3.63) is 53.1 Å². The Morgan fingerprint density at radius 2 is 1.90 bits per heavy atom. The standard InChI is InChI=1S/C18H22F4N6S.HI/c1-23-16(27-10-12-3-4-14(19)9-13(12)11-29-2)25-7-8-26-17-24-6-5-15(28-17)18(20,21)22;/h3-6,9H,7-8,10-11H2,1-2H3,(H2,23,25,27)(H,24,26,28);1H. The monoisotopic (exact) mass is 558 g/mol. The number of thioether (sulfide) groups is 1. The second-order valence-corrected chi connectivity index (χ2v) is 6.75. The number of aliphatic imine (C=N–C) groups is 1. The molecule has 0 radical (unpaired) electrons. The van der Waals surface area contributed by atoms with Crippen molar-refractivity contribution < 1.29 is 17.6 Å². The van der Waals surface area contributed by atoms with E-state index in [2.05, 4.69) is 30.9 Å². The molecule has 6 nitrogen and oxygen atoms in total. The van der Waals surface area contributed by atoms with Gasteiger partial charge in [0, 0.05) is 38.6 Å². The van der Waals surface area contributed by atoms with Gasteiger partial charge in [0.2, 0.25) is 5.95 Å². The molecule has 0 bridgehead atoms. The van der Waals surface area contributed by atoms with Gasteiger partial charge in [-0.05, 0) is 35.6 Å². The summed E-state index contributed by atoms with van der Waals surface area (Å²) < 4.78 is 51.4. The molecule has 30 heavy (non-hydrogen) atoms. The van der Waals surface area contributed by atoms with E-state index in [-0.39, 0.29) is 42.3 Å². The van der Waals surface area contributed by atoms with Crippen LogP contribution in [0.15, 0.2) is 35.5 Å². The van der Waals surface area contributed by atoms with Crippen LogP contribution in [-0.2, 0) is 18.5 Å².